The van der Waals surface area contributed by atoms with Crippen LogP contribution in [-0.2, 0) is 19.1 Å². The topological polar surface area (TPSA) is 136 Å². The second kappa shape index (κ2) is 12.5. The van der Waals surface area contributed by atoms with Gasteiger partial charge in [-0.05, 0) is 37.8 Å². The van der Waals surface area contributed by atoms with Gasteiger partial charge in [-0.25, -0.2) is 9.18 Å². The van der Waals surface area contributed by atoms with Gasteiger partial charge in [0.25, 0.3) is 0 Å². The maximum atomic E-state index is 15.7. The fraction of sp³-hybridized carbons (Fsp3) is 0.727. The number of hydrogen-bond donors (Lipinski definition) is 0. The molecule has 1 fully saturated rings. The number of ketones is 1. The molecule has 33 heavy (non-hydrogen) atoms. The number of aromatic nitrogens is 2. The molecule has 0 radical (unpaired) electrons. The fourth-order valence-electron chi connectivity index (χ4n) is 3.82. The Morgan fingerprint density at radius 2 is 2.00 bits per heavy atom. The zero-order valence-corrected chi connectivity index (χ0v) is 19.4. The molecule has 0 bridgehead atoms. The van der Waals surface area contributed by atoms with E-state index in [1.54, 1.807) is 6.92 Å². The summed E-state index contributed by atoms with van der Waals surface area (Å²) in [5.74, 6) is -0.671. The van der Waals surface area contributed by atoms with Crippen molar-refractivity contribution in [3.8, 4) is 0 Å². The Bertz CT molecular complexity index is 932. The van der Waals surface area contributed by atoms with Gasteiger partial charge in [0.05, 0.1) is 6.54 Å². The van der Waals surface area contributed by atoms with Gasteiger partial charge in [-0.3, -0.25) is 14.2 Å². The number of nitrogens with zero attached hydrogens (tertiary/aromatic N) is 5. The molecule has 0 unspecified atom stereocenters. The number of carbonyl (C=O) groups excluding carboxylic acids is 2. The number of unbranched alkanes of at least 4 members (excludes halogenated alkanes) is 2. The summed E-state index contributed by atoms with van der Waals surface area (Å²) in [6, 6.07) is 1.53. The van der Waals surface area contributed by atoms with Crippen molar-refractivity contribution in [2.45, 2.75) is 96.2 Å². The Kier molecular flexibility index (Phi) is 9.99. The second-order valence-corrected chi connectivity index (χ2v) is 8.32. The summed E-state index contributed by atoms with van der Waals surface area (Å²) in [5, 5.41) is 3.57. The largest absolute Gasteiger partial charge is 0.456 e. The van der Waals surface area contributed by atoms with Crippen LogP contribution >= 0.6 is 0 Å². The zero-order chi connectivity index (χ0) is 24.4. The molecule has 4 atom stereocenters. The van der Waals surface area contributed by atoms with Crippen LogP contribution < -0.4 is 5.69 Å². The highest BCUT2D eigenvalue weighted by atomic mass is 19.1. The lowest BCUT2D eigenvalue weighted by atomic mass is 9.88. The minimum absolute atomic E-state index is 0.0226. The normalized spacial score (nSPS) is 24.3. The van der Waals surface area contributed by atoms with Crippen molar-refractivity contribution < 1.29 is 23.5 Å². The number of hydrogen-bond acceptors (Lipinski definition) is 7. The standard InChI is InChI=1S/C22H32FN5O5/c1-4-6-8-16(29)10-12-22(14-25-27-24)19(32-17(30)9-7-5-2)18(23)20(33-22)28-13-11-15(3)26-21(28)31/h11,13,18-20H,4-10,12,14H2,1-3H3/t18-,19+,20-,22+/m1/s1. The molecule has 1 aliphatic heterocycles. The van der Waals surface area contributed by atoms with Crippen molar-refractivity contribution in [2.24, 2.45) is 5.11 Å². The maximum Gasteiger partial charge on any atom is 0.349 e. The number of azide groups is 1. The SMILES string of the molecule is CCCCC(=O)CC[C@@]1(CN=[N+]=[N-])O[C@@H](n2ccc(C)nc2=O)[C@H](F)[C@@H]1OC(=O)CCCC. The molecule has 0 saturated carbocycles. The molecule has 0 spiro atoms. The molecule has 0 N–H and O–H groups in total. The lowest BCUT2D eigenvalue weighted by molar-refractivity contribution is -0.163. The summed E-state index contributed by atoms with van der Waals surface area (Å²) < 4.78 is 28.2. The van der Waals surface area contributed by atoms with Crippen molar-refractivity contribution in [3.63, 3.8) is 0 Å². The van der Waals surface area contributed by atoms with Gasteiger partial charge in [-0.1, -0.05) is 31.8 Å². The van der Waals surface area contributed by atoms with E-state index >= 15 is 4.39 Å². The predicted molar refractivity (Wildman–Crippen MR) is 118 cm³/mol. The van der Waals surface area contributed by atoms with Crippen molar-refractivity contribution in [1.29, 1.82) is 0 Å². The molecule has 10 nitrogen and oxygen atoms in total. The van der Waals surface area contributed by atoms with E-state index in [4.69, 9.17) is 15.0 Å². The lowest BCUT2D eigenvalue weighted by Crippen LogP contribution is -2.48. The summed E-state index contributed by atoms with van der Waals surface area (Å²) in [6.07, 6.45) is -0.146. The molecule has 1 aromatic rings. The molecule has 0 amide bonds. The van der Waals surface area contributed by atoms with Crippen LogP contribution in [0.2, 0.25) is 0 Å². The summed E-state index contributed by atoms with van der Waals surface area (Å²) >= 11 is 0. The highest BCUT2D eigenvalue weighted by molar-refractivity contribution is 5.78. The molecule has 182 valence electrons. The van der Waals surface area contributed by atoms with Gasteiger partial charge >= 0.3 is 11.7 Å². The van der Waals surface area contributed by atoms with Crippen molar-refractivity contribution in [3.05, 3.63) is 38.9 Å². The van der Waals surface area contributed by atoms with Crippen LogP contribution in [0.25, 0.3) is 10.4 Å². The first-order valence-electron chi connectivity index (χ1n) is 11.4. The smallest absolute Gasteiger partial charge is 0.349 e. The lowest BCUT2D eigenvalue weighted by Gasteiger charge is -2.32. The first-order chi connectivity index (χ1) is 15.8. The minimum Gasteiger partial charge on any atom is -0.456 e. The molecular formula is C22H32FN5O5. The number of Topliss-reactive ketones (excluding diaryl/α,β-unsaturated/α-hetero) is 1. The Balaban J connectivity index is 2.42. The summed E-state index contributed by atoms with van der Waals surface area (Å²) in [4.78, 5) is 43.7. The third-order valence-corrected chi connectivity index (χ3v) is 5.71. The van der Waals surface area contributed by atoms with Crippen LogP contribution in [0.3, 0.4) is 0 Å². The quantitative estimate of drug-likeness (QED) is 0.186. The van der Waals surface area contributed by atoms with E-state index in [0.717, 1.165) is 23.8 Å². The van der Waals surface area contributed by atoms with Gasteiger partial charge in [-0.15, -0.1) is 0 Å². The molecule has 1 aromatic heterocycles. The zero-order valence-electron chi connectivity index (χ0n) is 19.4. The van der Waals surface area contributed by atoms with Crippen LogP contribution in [0.5, 0.6) is 0 Å². The molecule has 2 heterocycles. The number of carbonyl (C=O) groups is 2. The first-order valence-corrected chi connectivity index (χ1v) is 11.4. The third kappa shape index (κ3) is 6.85. The maximum absolute atomic E-state index is 15.7. The number of rotatable bonds is 13. The Labute approximate surface area is 192 Å². The molecule has 0 aliphatic carbocycles. The molecule has 1 aliphatic rings. The average molecular weight is 466 g/mol. The first kappa shape index (κ1) is 26.5. The highest BCUT2D eigenvalue weighted by Gasteiger charge is 2.58. The highest BCUT2D eigenvalue weighted by Crippen LogP contribution is 2.44. The monoisotopic (exact) mass is 465 g/mol. The van der Waals surface area contributed by atoms with Gasteiger partial charge in [0.2, 0.25) is 0 Å². The molecule has 11 heteroatoms. The minimum atomic E-state index is -1.93. The van der Waals surface area contributed by atoms with Crippen molar-refractivity contribution in [2.75, 3.05) is 6.54 Å². The van der Waals surface area contributed by atoms with Crippen molar-refractivity contribution in [1.82, 2.24) is 9.55 Å². The summed E-state index contributed by atoms with van der Waals surface area (Å²) in [6.45, 7) is 5.14. The Morgan fingerprint density at radius 1 is 1.30 bits per heavy atom. The Hall–Kier alpha value is -2.78. The summed E-state index contributed by atoms with van der Waals surface area (Å²) in [5.41, 5.74) is 7.05. The van der Waals surface area contributed by atoms with E-state index in [2.05, 4.69) is 15.0 Å². The van der Waals surface area contributed by atoms with Gasteiger partial charge in [-0.2, -0.15) is 4.98 Å². The number of aryl methyl sites for hydroxylation is 1. The third-order valence-electron chi connectivity index (χ3n) is 5.71. The van der Waals surface area contributed by atoms with Crippen LogP contribution in [-0.4, -0.2) is 45.7 Å². The van der Waals surface area contributed by atoms with E-state index in [0.29, 0.717) is 18.5 Å². The van der Waals surface area contributed by atoms with Gasteiger partial charge in [0.15, 0.2) is 18.5 Å². The molecule has 0 aromatic carbocycles. The molecule has 1 saturated heterocycles. The Morgan fingerprint density at radius 3 is 2.64 bits per heavy atom. The fourth-order valence-corrected chi connectivity index (χ4v) is 3.82. The van der Waals surface area contributed by atoms with Gasteiger partial charge in [0, 0.05) is 36.1 Å². The number of esters is 1. The van der Waals surface area contributed by atoms with E-state index < -0.39 is 35.8 Å². The number of alkyl halides is 1. The molecule has 2 rings (SSSR count). The van der Waals surface area contributed by atoms with Crippen LogP contribution in [0.15, 0.2) is 22.2 Å². The van der Waals surface area contributed by atoms with Crippen LogP contribution in [0.1, 0.15) is 77.1 Å². The van der Waals surface area contributed by atoms with E-state index in [1.165, 1.54) is 12.3 Å². The second-order valence-electron chi connectivity index (χ2n) is 8.32. The summed E-state index contributed by atoms with van der Waals surface area (Å²) in [7, 11) is 0. The van der Waals surface area contributed by atoms with Crippen LogP contribution in [0, 0.1) is 6.92 Å². The van der Waals surface area contributed by atoms with Gasteiger partial charge < -0.3 is 9.47 Å². The van der Waals surface area contributed by atoms with Crippen LogP contribution in [0.4, 0.5) is 4.39 Å². The predicted octanol–water partition coefficient (Wildman–Crippen LogP) is 4.11. The van der Waals surface area contributed by atoms with E-state index in [9.17, 15) is 14.4 Å². The van der Waals surface area contributed by atoms with Crippen molar-refractivity contribution >= 4 is 11.8 Å². The number of halogens is 1. The molecular weight excluding hydrogens is 433 g/mol. The van der Waals surface area contributed by atoms with E-state index in [1.807, 2.05) is 13.8 Å². The average Bonchev–Trinajstić information content (AvgIpc) is 3.05. The van der Waals surface area contributed by atoms with E-state index in [-0.39, 0.29) is 31.6 Å². The van der Waals surface area contributed by atoms with Gasteiger partial charge in [0.1, 0.15) is 11.4 Å². The number of ether oxygens (including phenoxy) is 2.